The Morgan fingerprint density at radius 2 is 1.63 bits per heavy atom. The molecule has 1 aliphatic rings. The van der Waals surface area contributed by atoms with Crippen LogP contribution in [0.5, 0.6) is 0 Å². The third-order valence-corrected chi connectivity index (χ3v) is 4.35. The van der Waals surface area contributed by atoms with Crippen molar-refractivity contribution in [1.29, 1.82) is 0 Å². The van der Waals surface area contributed by atoms with Crippen molar-refractivity contribution in [1.82, 2.24) is 4.90 Å². The lowest BCUT2D eigenvalue weighted by Gasteiger charge is -2.44. The standard InChI is InChI=1S/C16H27N3/c1-4-14-5-7-15(8-6-14)18-9-11-19(12-10-18)16(2,3)13-17/h5-8H,4,9-13,17H2,1-3H3. The van der Waals surface area contributed by atoms with Crippen molar-refractivity contribution in [3.63, 3.8) is 0 Å². The van der Waals surface area contributed by atoms with E-state index in [9.17, 15) is 0 Å². The fourth-order valence-electron chi connectivity index (χ4n) is 2.64. The second kappa shape index (κ2) is 5.93. The van der Waals surface area contributed by atoms with Gasteiger partial charge in [-0.25, -0.2) is 0 Å². The molecule has 1 saturated heterocycles. The highest BCUT2D eigenvalue weighted by Crippen LogP contribution is 2.21. The fourth-order valence-corrected chi connectivity index (χ4v) is 2.64. The Labute approximate surface area is 117 Å². The molecule has 2 rings (SSSR count). The molecule has 1 aliphatic heterocycles. The predicted molar refractivity (Wildman–Crippen MR) is 82.7 cm³/mol. The fraction of sp³-hybridized carbons (Fsp3) is 0.625. The van der Waals surface area contributed by atoms with Crippen molar-refractivity contribution in [2.75, 3.05) is 37.6 Å². The SMILES string of the molecule is CCc1ccc(N2CCN(C(C)(C)CN)CC2)cc1. The van der Waals surface area contributed by atoms with Crippen LogP contribution in [0.3, 0.4) is 0 Å². The van der Waals surface area contributed by atoms with Gasteiger partial charge in [-0.15, -0.1) is 0 Å². The maximum Gasteiger partial charge on any atom is 0.0367 e. The van der Waals surface area contributed by atoms with Crippen LogP contribution in [0, 0.1) is 0 Å². The summed E-state index contributed by atoms with van der Waals surface area (Å²) >= 11 is 0. The number of nitrogens with zero attached hydrogens (tertiary/aromatic N) is 2. The highest BCUT2D eigenvalue weighted by atomic mass is 15.3. The number of hydrogen-bond donors (Lipinski definition) is 1. The molecule has 3 nitrogen and oxygen atoms in total. The molecule has 0 aliphatic carbocycles. The van der Waals surface area contributed by atoms with Gasteiger partial charge in [0.05, 0.1) is 0 Å². The van der Waals surface area contributed by atoms with Crippen molar-refractivity contribution >= 4 is 5.69 Å². The number of anilines is 1. The monoisotopic (exact) mass is 261 g/mol. The van der Waals surface area contributed by atoms with Gasteiger partial charge in [0.2, 0.25) is 0 Å². The van der Waals surface area contributed by atoms with E-state index in [0.29, 0.717) is 0 Å². The van der Waals surface area contributed by atoms with E-state index in [1.165, 1.54) is 11.3 Å². The maximum absolute atomic E-state index is 5.86. The van der Waals surface area contributed by atoms with Gasteiger partial charge in [-0.3, -0.25) is 4.90 Å². The van der Waals surface area contributed by atoms with Crippen LogP contribution in [0.4, 0.5) is 5.69 Å². The van der Waals surface area contributed by atoms with E-state index in [4.69, 9.17) is 5.73 Å². The molecule has 3 heteroatoms. The average Bonchev–Trinajstić information content (AvgIpc) is 2.47. The first-order chi connectivity index (χ1) is 9.06. The minimum absolute atomic E-state index is 0.123. The predicted octanol–water partition coefficient (Wildman–Crippen LogP) is 2.11. The first-order valence-electron chi connectivity index (χ1n) is 7.36. The topological polar surface area (TPSA) is 32.5 Å². The van der Waals surface area contributed by atoms with E-state index in [0.717, 1.165) is 39.1 Å². The number of benzene rings is 1. The Bertz CT molecular complexity index is 389. The van der Waals surface area contributed by atoms with Crippen LogP contribution in [-0.2, 0) is 6.42 Å². The van der Waals surface area contributed by atoms with Crippen LogP contribution in [0.25, 0.3) is 0 Å². The van der Waals surface area contributed by atoms with Gasteiger partial charge in [0.25, 0.3) is 0 Å². The molecule has 0 radical (unpaired) electrons. The highest BCUT2D eigenvalue weighted by molar-refractivity contribution is 5.48. The van der Waals surface area contributed by atoms with Crippen LogP contribution >= 0.6 is 0 Å². The smallest absolute Gasteiger partial charge is 0.0367 e. The number of hydrogen-bond acceptors (Lipinski definition) is 3. The zero-order valence-corrected chi connectivity index (χ0v) is 12.5. The first-order valence-corrected chi connectivity index (χ1v) is 7.36. The van der Waals surface area contributed by atoms with E-state index < -0.39 is 0 Å². The highest BCUT2D eigenvalue weighted by Gasteiger charge is 2.28. The van der Waals surface area contributed by atoms with Gasteiger partial charge >= 0.3 is 0 Å². The lowest BCUT2D eigenvalue weighted by molar-refractivity contribution is 0.119. The van der Waals surface area contributed by atoms with Gasteiger partial charge in [-0.05, 0) is 38.0 Å². The summed E-state index contributed by atoms with van der Waals surface area (Å²) in [5.74, 6) is 0. The number of piperazine rings is 1. The molecule has 0 bridgehead atoms. The number of nitrogens with two attached hydrogens (primary N) is 1. The second-order valence-corrected chi connectivity index (χ2v) is 6.01. The first kappa shape index (κ1) is 14.4. The largest absolute Gasteiger partial charge is 0.369 e. The van der Waals surface area contributed by atoms with E-state index in [2.05, 4.69) is 54.8 Å². The van der Waals surface area contributed by atoms with Crippen LogP contribution in [-0.4, -0.2) is 43.2 Å². The summed E-state index contributed by atoms with van der Waals surface area (Å²) in [6, 6.07) is 8.99. The zero-order valence-electron chi connectivity index (χ0n) is 12.5. The Kier molecular flexibility index (Phi) is 4.48. The van der Waals surface area contributed by atoms with E-state index in [1.807, 2.05) is 0 Å². The lowest BCUT2D eigenvalue weighted by Crippen LogP contribution is -2.57. The van der Waals surface area contributed by atoms with E-state index >= 15 is 0 Å². The molecule has 1 fully saturated rings. The van der Waals surface area contributed by atoms with Crippen LogP contribution in [0.1, 0.15) is 26.3 Å². The Morgan fingerprint density at radius 1 is 1.05 bits per heavy atom. The maximum atomic E-state index is 5.86. The molecule has 1 aromatic rings. The Hall–Kier alpha value is -1.06. The second-order valence-electron chi connectivity index (χ2n) is 6.01. The van der Waals surface area contributed by atoms with Crippen LogP contribution in [0.15, 0.2) is 24.3 Å². The quantitative estimate of drug-likeness (QED) is 0.901. The molecule has 2 N–H and O–H groups in total. The van der Waals surface area contributed by atoms with Crippen molar-refractivity contribution in [3.8, 4) is 0 Å². The summed E-state index contributed by atoms with van der Waals surface area (Å²) in [5.41, 5.74) is 8.74. The lowest BCUT2D eigenvalue weighted by atomic mass is 10.0. The van der Waals surface area contributed by atoms with Gasteiger partial charge in [0.15, 0.2) is 0 Å². The molecule has 0 unspecified atom stereocenters. The normalized spacial score (nSPS) is 17.8. The van der Waals surface area contributed by atoms with Gasteiger partial charge in [0.1, 0.15) is 0 Å². The van der Waals surface area contributed by atoms with Gasteiger partial charge in [-0.2, -0.15) is 0 Å². The molecule has 0 saturated carbocycles. The summed E-state index contributed by atoms with van der Waals surface area (Å²) in [6.07, 6.45) is 1.11. The summed E-state index contributed by atoms with van der Waals surface area (Å²) in [7, 11) is 0. The third kappa shape index (κ3) is 3.28. The average molecular weight is 261 g/mol. The molecule has 106 valence electrons. The number of aryl methyl sites for hydroxylation is 1. The van der Waals surface area contributed by atoms with Gasteiger partial charge in [0, 0.05) is 44.0 Å². The van der Waals surface area contributed by atoms with Crippen molar-refractivity contribution in [2.45, 2.75) is 32.7 Å². The van der Waals surface area contributed by atoms with Crippen LogP contribution < -0.4 is 10.6 Å². The van der Waals surface area contributed by atoms with Crippen molar-refractivity contribution in [2.24, 2.45) is 5.73 Å². The Balaban J connectivity index is 1.95. The molecule has 0 aromatic heterocycles. The molecule has 1 heterocycles. The minimum Gasteiger partial charge on any atom is -0.369 e. The Morgan fingerprint density at radius 3 is 2.11 bits per heavy atom. The summed E-state index contributed by atoms with van der Waals surface area (Å²) in [4.78, 5) is 4.98. The van der Waals surface area contributed by atoms with Crippen LogP contribution in [0.2, 0.25) is 0 Å². The van der Waals surface area contributed by atoms with Crippen molar-refractivity contribution < 1.29 is 0 Å². The molecule has 19 heavy (non-hydrogen) atoms. The minimum atomic E-state index is 0.123. The van der Waals surface area contributed by atoms with Gasteiger partial charge in [-0.1, -0.05) is 19.1 Å². The van der Waals surface area contributed by atoms with E-state index in [-0.39, 0.29) is 5.54 Å². The molecule has 0 atom stereocenters. The molecular weight excluding hydrogens is 234 g/mol. The third-order valence-electron chi connectivity index (χ3n) is 4.35. The van der Waals surface area contributed by atoms with Gasteiger partial charge < -0.3 is 10.6 Å². The summed E-state index contributed by atoms with van der Waals surface area (Å²) in [5, 5.41) is 0. The summed E-state index contributed by atoms with van der Waals surface area (Å²) < 4.78 is 0. The molecule has 0 spiro atoms. The molecular formula is C16H27N3. The summed E-state index contributed by atoms with van der Waals surface area (Å²) in [6.45, 7) is 11.8. The van der Waals surface area contributed by atoms with Crippen molar-refractivity contribution in [3.05, 3.63) is 29.8 Å². The zero-order chi connectivity index (χ0) is 13.9. The van der Waals surface area contributed by atoms with E-state index in [1.54, 1.807) is 0 Å². The molecule has 0 amide bonds. The molecule has 1 aromatic carbocycles. The number of rotatable bonds is 4.